The normalized spacial score (nSPS) is 11.1. The number of para-hydroxylation sites is 2. The van der Waals surface area contributed by atoms with Crippen molar-refractivity contribution in [1.29, 1.82) is 0 Å². The summed E-state index contributed by atoms with van der Waals surface area (Å²) in [7, 11) is 0. The number of hydrogen-bond donors (Lipinski definition) is 1. The van der Waals surface area contributed by atoms with Crippen molar-refractivity contribution in [1.82, 2.24) is 19.7 Å². The van der Waals surface area contributed by atoms with Crippen molar-refractivity contribution >= 4 is 56.4 Å². The van der Waals surface area contributed by atoms with Crippen molar-refractivity contribution in [2.75, 3.05) is 5.32 Å². The Morgan fingerprint density at radius 3 is 2.30 bits per heavy atom. The van der Waals surface area contributed by atoms with Crippen LogP contribution in [0, 0.1) is 0 Å². The van der Waals surface area contributed by atoms with Crippen LogP contribution in [0.1, 0.15) is 5.01 Å². The Morgan fingerprint density at radius 1 is 0.833 bits per heavy atom. The molecule has 8 heteroatoms. The number of benzene rings is 3. The number of fused-ring (bicyclic) bond motifs is 1. The average Bonchev–Trinajstić information content (AvgIpc) is 3.35. The van der Waals surface area contributed by atoms with E-state index in [1.807, 2.05) is 66.7 Å². The molecule has 0 aliphatic rings. The van der Waals surface area contributed by atoms with E-state index in [1.165, 1.54) is 11.3 Å². The summed E-state index contributed by atoms with van der Waals surface area (Å²) in [5, 5.41) is 14.9. The van der Waals surface area contributed by atoms with Crippen molar-refractivity contribution in [3.8, 4) is 11.4 Å². The van der Waals surface area contributed by atoms with Gasteiger partial charge in [0.15, 0.2) is 0 Å². The van der Waals surface area contributed by atoms with Crippen molar-refractivity contribution in [3.63, 3.8) is 0 Å². The number of nitrogens with one attached hydrogen (secondary N) is 1. The van der Waals surface area contributed by atoms with Crippen LogP contribution in [0.5, 0.6) is 0 Å². The molecule has 0 aliphatic heterocycles. The van der Waals surface area contributed by atoms with Crippen LogP contribution < -0.4 is 5.32 Å². The van der Waals surface area contributed by atoms with E-state index in [-0.39, 0.29) is 0 Å². The second-order valence-corrected chi connectivity index (χ2v) is 8.58. The predicted octanol–water partition coefficient (Wildman–Crippen LogP) is 6.65. The fraction of sp³-hybridized carbons (Fsp3) is 0.0455. The molecule has 5 rings (SSSR count). The molecule has 0 fully saturated rings. The van der Waals surface area contributed by atoms with E-state index in [9.17, 15) is 0 Å². The molecule has 2 heterocycles. The fourth-order valence-electron chi connectivity index (χ4n) is 3.21. The summed E-state index contributed by atoms with van der Waals surface area (Å²) in [4.78, 5) is 4.84. The molecule has 0 saturated heterocycles. The number of imidazole rings is 1. The SMILES string of the molecule is Clc1ccc(Nc2nnc(Cn3c(-c4ccc(Cl)cc4)nc4ccccc43)s2)cc1. The first-order valence-electron chi connectivity index (χ1n) is 9.22. The van der Waals surface area contributed by atoms with E-state index in [2.05, 4.69) is 26.1 Å². The van der Waals surface area contributed by atoms with Crippen LogP contribution in [0.25, 0.3) is 22.4 Å². The van der Waals surface area contributed by atoms with Crippen molar-refractivity contribution in [2.45, 2.75) is 6.54 Å². The second kappa shape index (κ2) is 8.07. The van der Waals surface area contributed by atoms with Crippen LogP contribution in [0.3, 0.4) is 0 Å². The van der Waals surface area contributed by atoms with Gasteiger partial charge in [0.1, 0.15) is 10.8 Å². The van der Waals surface area contributed by atoms with E-state index in [0.29, 0.717) is 16.6 Å². The van der Waals surface area contributed by atoms with Gasteiger partial charge in [0.2, 0.25) is 5.13 Å². The summed E-state index contributed by atoms with van der Waals surface area (Å²) in [6.07, 6.45) is 0. The zero-order chi connectivity index (χ0) is 20.5. The van der Waals surface area contributed by atoms with Crippen LogP contribution in [0.2, 0.25) is 10.0 Å². The number of hydrogen-bond acceptors (Lipinski definition) is 5. The molecule has 148 valence electrons. The van der Waals surface area contributed by atoms with Crippen LogP contribution in [-0.4, -0.2) is 19.7 Å². The van der Waals surface area contributed by atoms with Crippen molar-refractivity contribution in [3.05, 3.63) is 87.8 Å². The Kier molecular flexibility index (Phi) is 5.12. The smallest absolute Gasteiger partial charge is 0.210 e. The Labute approximate surface area is 186 Å². The van der Waals surface area contributed by atoms with Crippen LogP contribution in [-0.2, 0) is 6.54 Å². The number of rotatable bonds is 5. The standard InChI is InChI=1S/C22H15Cl2N5S/c23-15-7-5-14(6-8-15)21-26-18-3-1-2-4-19(18)29(21)13-20-27-28-22(30-20)25-17-11-9-16(24)10-12-17/h1-12H,13H2,(H,25,28). The third-order valence-electron chi connectivity index (χ3n) is 4.61. The van der Waals surface area contributed by atoms with Gasteiger partial charge in [-0.1, -0.05) is 46.7 Å². The van der Waals surface area contributed by atoms with Crippen molar-refractivity contribution in [2.24, 2.45) is 0 Å². The maximum absolute atomic E-state index is 6.07. The lowest BCUT2D eigenvalue weighted by atomic mass is 10.2. The molecule has 3 aromatic carbocycles. The minimum absolute atomic E-state index is 0.568. The molecule has 0 atom stereocenters. The maximum atomic E-state index is 6.07. The first-order valence-corrected chi connectivity index (χ1v) is 10.8. The van der Waals surface area contributed by atoms with Gasteiger partial charge in [-0.25, -0.2) is 4.98 Å². The molecule has 1 N–H and O–H groups in total. The van der Waals surface area contributed by atoms with Gasteiger partial charge in [-0.05, 0) is 60.7 Å². The number of anilines is 2. The number of halogens is 2. The van der Waals surface area contributed by atoms with Gasteiger partial charge in [-0.2, -0.15) is 0 Å². The van der Waals surface area contributed by atoms with Crippen LogP contribution >= 0.6 is 34.5 Å². The van der Waals surface area contributed by atoms with Gasteiger partial charge in [0, 0.05) is 21.3 Å². The molecule has 0 spiro atoms. The van der Waals surface area contributed by atoms with Gasteiger partial charge in [0.05, 0.1) is 17.6 Å². The molecule has 0 bridgehead atoms. The highest BCUT2D eigenvalue weighted by atomic mass is 35.5. The van der Waals surface area contributed by atoms with E-state index in [4.69, 9.17) is 28.2 Å². The molecule has 2 aromatic heterocycles. The molecule has 0 aliphatic carbocycles. The third kappa shape index (κ3) is 3.89. The van der Waals surface area contributed by atoms with E-state index >= 15 is 0 Å². The van der Waals surface area contributed by atoms with E-state index in [0.717, 1.165) is 38.2 Å². The Balaban J connectivity index is 1.48. The van der Waals surface area contributed by atoms with Crippen molar-refractivity contribution < 1.29 is 0 Å². The summed E-state index contributed by atoms with van der Waals surface area (Å²) in [6, 6.07) is 23.3. The first kappa shape index (κ1) is 19.1. The summed E-state index contributed by atoms with van der Waals surface area (Å²) in [6.45, 7) is 0.568. The molecule has 0 unspecified atom stereocenters. The molecule has 0 saturated carbocycles. The highest BCUT2D eigenvalue weighted by Gasteiger charge is 2.15. The lowest BCUT2D eigenvalue weighted by Crippen LogP contribution is -2.02. The quantitative estimate of drug-likeness (QED) is 0.324. The average molecular weight is 452 g/mol. The molecule has 30 heavy (non-hydrogen) atoms. The zero-order valence-corrected chi connectivity index (χ0v) is 17.9. The Morgan fingerprint density at radius 2 is 1.53 bits per heavy atom. The van der Waals surface area contributed by atoms with Crippen LogP contribution in [0.15, 0.2) is 72.8 Å². The minimum Gasteiger partial charge on any atom is -0.330 e. The molecule has 5 nitrogen and oxygen atoms in total. The molecular formula is C22H15Cl2N5S. The molecular weight excluding hydrogens is 437 g/mol. The largest absolute Gasteiger partial charge is 0.330 e. The number of nitrogens with zero attached hydrogens (tertiary/aromatic N) is 4. The van der Waals surface area contributed by atoms with Gasteiger partial charge in [0.25, 0.3) is 0 Å². The monoisotopic (exact) mass is 451 g/mol. The Hall–Kier alpha value is -2.93. The second-order valence-electron chi connectivity index (χ2n) is 6.65. The Bertz CT molecular complexity index is 1310. The van der Waals surface area contributed by atoms with Gasteiger partial charge < -0.3 is 9.88 Å². The topological polar surface area (TPSA) is 55.6 Å². The van der Waals surface area contributed by atoms with E-state index in [1.54, 1.807) is 0 Å². The molecule has 5 aromatic rings. The predicted molar refractivity (Wildman–Crippen MR) is 124 cm³/mol. The van der Waals surface area contributed by atoms with Gasteiger partial charge in [-0.15, -0.1) is 10.2 Å². The number of aromatic nitrogens is 4. The summed E-state index contributed by atoms with van der Waals surface area (Å²) >= 11 is 13.5. The maximum Gasteiger partial charge on any atom is 0.210 e. The highest BCUT2D eigenvalue weighted by molar-refractivity contribution is 7.15. The highest BCUT2D eigenvalue weighted by Crippen LogP contribution is 2.29. The third-order valence-corrected chi connectivity index (χ3v) is 5.94. The van der Waals surface area contributed by atoms with Gasteiger partial charge in [-0.3, -0.25) is 0 Å². The summed E-state index contributed by atoms with van der Waals surface area (Å²) < 4.78 is 2.16. The zero-order valence-electron chi connectivity index (χ0n) is 15.6. The molecule has 0 amide bonds. The lowest BCUT2D eigenvalue weighted by molar-refractivity contribution is 0.809. The minimum atomic E-state index is 0.568. The first-order chi connectivity index (χ1) is 14.7. The fourth-order valence-corrected chi connectivity index (χ4v) is 4.22. The van der Waals surface area contributed by atoms with E-state index < -0.39 is 0 Å². The summed E-state index contributed by atoms with van der Waals surface area (Å²) in [5.74, 6) is 0.871. The molecule has 0 radical (unpaired) electrons. The lowest BCUT2D eigenvalue weighted by Gasteiger charge is -2.07. The summed E-state index contributed by atoms with van der Waals surface area (Å²) in [5.41, 5.74) is 3.90. The van der Waals surface area contributed by atoms with Crippen LogP contribution in [0.4, 0.5) is 10.8 Å². The van der Waals surface area contributed by atoms with Gasteiger partial charge >= 0.3 is 0 Å².